The Morgan fingerprint density at radius 1 is 1.08 bits per heavy atom. The second-order valence-electron chi connectivity index (χ2n) is 10.6. The third kappa shape index (κ3) is 3.93. The molecule has 2 fully saturated rings. The molecule has 0 saturated carbocycles. The number of carbonyl (C=O) groups is 3. The summed E-state index contributed by atoms with van der Waals surface area (Å²) in [4.78, 5) is 42.1. The highest BCUT2D eigenvalue weighted by Crippen LogP contribution is 2.50. The largest absolute Gasteiger partial charge is 0.478 e. The fourth-order valence-electron chi connectivity index (χ4n) is 6.71. The molecule has 1 spiro atoms. The van der Waals surface area contributed by atoms with Crippen molar-refractivity contribution in [2.75, 3.05) is 13.1 Å². The summed E-state index contributed by atoms with van der Waals surface area (Å²) in [5.41, 5.74) is 2.63. The molecule has 6 rings (SSSR count). The van der Waals surface area contributed by atoms with E-state index in [0.29, 0.717) is 22.7 Å². The Morgan fingerprint density at radius 2 is 1.82 bits per heavy atom. The lowest BCUT2D eigenvalue weighted by Gasteiger charge is -2.56. The van der Waals surface area contributed by atoms with E-state index < -0.39 is 17.9 Å². The Hall–Kier alpha value is -3.85. The minimum absolute atomic E-state index is 0.177. The van der Waals surface area contributed by atoms with E-state index in [2.05, 4.69) is 9.88 Å². The summed E-state index contributed by atoms with van der Waals surface area (Å²) in [6.07, 6.45) is 6.41. The number of nitrogens with one attached hydrogen (secondary N) is 1. The molecule has 9 heteroatoms. The van der Waals surface area contributed by atoms with Crippen molar-refractivity contribution < 1.29 is 34.1 Å². The van der Waals surface area contributed by atoms with Gasteiger partial charge >= 0.3 is 17.9 Å². The van der Waals surface area contributed by atoms with Crippen molar-refractivity contribution in [1.82, 2.24) is 9.88 Å². The van der Waals surface area contributed by atoms with Crippen molar-refractivity contribution in [3.8, 4) is 5.75 Å². The number of aromatic nitrogens is 1. The number of piperidine rings is 2. The van der Waals surface area contributed by atoms with E-state index in [1.165, 1.54) is 18.6 Å². The summed E-state index contributed by atoms with van der Waals surface area (Å²) in [7, 11) is 0. The number of aromatic carboxylic acids is 2. The lowest BCUT2D eigenvalue weighted by atomic mass is 9.74. The van der Waals surface area contributed by atoms with Crippen LogP contribution in [-0.4, -0.2) is 56.8 Å². The van der Waals surface area contributed by atoms with E-state index >= 15 is 0 Å². The molecule has 9 nitrogen and oxygen atoms in total. The highest BCUT2D eigenvalue weighted by Gasteiger charge is 2.52. The summed E-state index contributed by atoms with van der Waals surface area (Å²) in [5.74, 6) is -1.89. The van der Waals surface area contributed by atoms with Gasteiger partial charge in [0.1, 0.15) is 12.4 Å². The standard InChI is InChI=1S/C29H30N2O7/c1-16-24(28(36)37-15-17-11-18(26(32)33)13-19(12-17)27(34)35)25-21-14-20-5-4-10-31-9-3-2-8-29(20,31)38-23(21)7-6-22(25)30-16/h6-7,11-13,20,30H,2-5,8-10,14-15H2,1H3,(H,32,33)(H,34,35). The SMILES string of the molecule is Cc1[nH]c2ccc3c(c2c1C(=O)OCc1cc(C(=O)O)cc(C(=O)O)c1)CC1CCCN2CCCCC12O3. The number of carboxylic acid groups (broad SMARTS) is 2. The molecule has 4 heterocycles. The van der Waals surface area contributed by atoms with Crippen molar-refractivity contribution >= 4 is 28.8 Å². The maximum absolute atomic E-state index is 13.4. The van der Waals surface area contributed by atoms with Gasteiger partial charge in [-0.3, -0.25) is 4.90 Å². The van der Waals surface area contributed by atoms with E-state index in [4.69, 9.17) is 9.47 Å². The number of fused-ring (bicyclic) bond motifs is 3. The Bertz CT molecular complexity index is 1440. The van der Waals surface area contributed by atoms with Crippen molar-refractivity contribution in [3.63, 3.8) is 0 Å². The minimum atomic E-state index is -1.25. The highest BCUT2D eigenvalue weighted by molar-refractivity contribution is 6.07. The third-order valence-electron chi connectivity index (χ3n) is 8.38. The van der Waals surface area contributed by atoms with Crippen LogP contribution in [0.15, 0.2) is 30.3 Å². The maximum Gasteiger partial charge on any atom is 0.340 e. The molecule has 2 unspecified atom stereocenters. The topological polar surface area (TPSA) is 129 Å². The van der Waals surface area contributed by atoms with Gasteiger partial charge in [0.05, 0.1) is 16.7 Å². The summed E-state index contributed by atoms with van der Waals surface area (Å²) in [6, 6.07) is 7.66. The molecule has 0 aliphatic carbocycles. The van der Waals surface area contributed by atoms with Gasteiger partial charge in [-0.25, -0.2) is 14.4 Å². The second-order valence-corrected chi connectivity index (χ2v) is 10.6. The zero-order chi connectivity index (χ0) is 26.6. The van der Waals surface area contributed by atoms with Crippen molar-refractivity contribution in [3.05, 3.63) is 63.8 Å². The second kappa shape index (κ2) is 9.16. The first kappa shape index (κ1) is 24.5. The van der Waals surface area contributed by atoms with Gasteiger partial charge in [-0.1, -0.05) is 0 Å². The van der Waals surface area contributed by atoms with E-state index in [0.717, 1.165) is 73.5 Å². The summed E-state index contributed by atoms with van der Waals surface area (Å²) < 4.78 is 12.4. The predicted molar refractivity (Wildman–Crippen MR) is 138 cm³/mol. The lowest BCUT2D eigenvalue weighted by Crippen LogP contribution is -2.64. The van der Waals surface area contributed by atoms with E-state index in [1.54, 1.807) is 0 Å². The smallest absolute Gasteiger partial charge is 0.340 e. The van der Waals surface area contributed by atoms with Gasteiger partial charge in [0, 0.05) is 47.6 Å². The van der Waals surface area contributed by atoms with Crippen LogP contribution in [0.4, 0.5) is 0 Å². The first-order valence-corrected chi connectivity index (χ1v) is 13.1. The number of H-pyrrole nitrogens is 1. The summed E-state index contributed by atoms with van der Waals surface area (Å²) in [5, 5.41) is 19.5. The monoisotopic (exact) mass is 518 g/mol. The van der Waals surface area contributed by atoms with Crippen molar-refractivity contribution in [2.45, 2.75) is 57.8 Å². The Labute approximate surface area is 219 Å². The van der Waals surface area contributed by atoms with Gasteiger partial charge < -0.3 is 24.7 Å². The number of hydrogen-bond acceptors (Lipinski definition) is 6. The average Bonchev–Trinajstić information content (AvgIpc) is 3.25. The Balaban J connectivity index is 1.33. The first-order chi connectivity index (χ1) is 18.3. The Kier molecular flexibility index (Phi) is 5.90. The highest BCUT2D eigenvalue weighted by atomic mass is 16.5. The number of aromatic amines is 1. The van der Waals surface area contributed by atoms with Crippen LogP contribution in [0.5, 0.6) is 5.75 Å². The molecule has 198 valence electrons. The molecule has 3 aliphatic heterocycles. The molecule has 2 saturated heterocycles. The fourth-order valence-corrected chi connectivity index (χ4v) is 6.71. The van der Waals surface area contributed by atoms with Crippen LogP contribution in [0, 0.1) is 12.8 Å². The number of esters is 1. The molecule has 3 N–H and O–H groups in total. The number of rotatable bonds is 5. The van der Waals surface area contributed by atoms with Crippen LogP contribution in [-0.2, 0) is 17.8 Å². The number of ether oxygens (including phenoxy) is 2. The molecule has 2 aromatic carbocycles. The quantitative estimate of drug-likeness (QED) is 0.413. The van der Waals surface area contributed by atoms with Crippen LogP contribution in [0.2, 0.25) is 0 Å². The van der Waals surface area contributed by atoms with Gasteiger partial charge in [0.15, 0.2) is 5.72 Å². The zero-order valence-corrected chi connectivity index (χ0v) is 21.2. The molecule has 38 heavy (non-hydrogen) atoms. The van der Waals surface area contributed by atoms with Gasteiger partial charge in [0.2, 0.25) is 0 Å². The van der Waals surface area contributed by atoms with Crippen LogP contribution >= 0.6 is 0 Å². The molecule has 0 radical (unpaired) electrons. The van der Waals surface area contributed by atoms with Gasteiger partial charge in [-0.2, -0.15) is 0 Å². The zero-order valence-electron chi connectivity index (χ0n) is 21.2. The minimum Gasteiger partial charge on any atom is -0.478 e. The Morgan fingerprint density at radius 3 is 2.55 bits per heavy atom. The van der Waals surface area contributed by atoms with Gasteiger partial charge in [-0.15, -0.1) is 0 Å². The van der Waals surface area contributed by atoms with Crippen LogP contribution in [0.3, 0.4) is 0 Å². The van der Waals surface area contributed by atoms with Crippen molar-refractivity contribution in [2.24, 2.45) is 5.92 Å². The molecule has 0 amide bonds. The van der Waals surface area contributed by atoms with E-state index in [1.807, 2.05) is 19.1 Å². The first-order valence-electron chi connectivity index (χ1n) is 13.1. The number of carbonyl (C=O) groups excluding carboxylic acids is 1. The number of nitrogens with zero attached hydrogens (tertiary/aromatic N) is 1. The maximum atomic E-state index is 13.4. The number of carboxylic acids is 2. The van der Waals surface area contributed by atoms with Crippen molar-refractivity contribution in [1.29, 1.82) is 0 Å². The molecular weight excluding hydrogens is 488 g/mol. The van der Waals surface area contributed by atoms with Crippen LogP contribution < -0.4 is 4.74 Å². The van der Waals surface area contributed by atoms with Crippen LogP contribution in [0.25, 0.3) is 10.9 Å². The van der Waals surface area contributed by atoms with E-state index in [-0.39, 0.29) is 23.5 Å². The number of benzene rings is 2. The van der Waals surface area contributed by atoms with E-state index in [9.17, 15) is 24.6 Å². The molecule has 0 bridgehead atoms. The van der Waals surface area contributed by atoms with Gasteiger partial charge in [0.25, 0.3) is 0 Å². The third-order valence-corrected chi connectivity index (χ3v) is 8.38. The van der Waals surface area contributed by atoms with Crippen LogP contribution in [0.1, 0.15) is 80.0 Å². The lowest BCUT2D eigenvalue weighted by molar-refractivity contribution is -0.177. The molecule has 3 aliphatic rings. The summed E-state index contributed by atoms with van der Waals surface area (Å²) in [6.45, 7) is 3.69. The molecule has 2 atom stereocenters. The number of aryl methyl sites for hydroxylation is 1. The average molecular weight is 519 g/mol. The number of hydrogen-bond donors (Lipinski definition) is 3. The van der Waals surface area contributed by atoms with Gasteiger partial charge in [-0.05, 0) is 74.9 Å². The summed E-state index contributed by atoms with van der Waals surface area (Å²) >= 11 is 0. The molecule has 1 aromatic heterocycles. The molecule has 3 aromatic rings. The molecular formula is C29H30N2O7. The predicted octanol–water partition coefficient (Wildman–Crippen LogP) is 4.76. The normalized spacial score (nSPS) is 22.6. The fraction of sp³-hybridized carbons (Fsp3) is 0.414.